The van der Waals surface area contributed by atoms with Gasteiger partial charge in [0.25, 0.3) is 0 Å². The Balaban J connectivity index is 2.77. The van der Waals surface area contributed by atoms with Crippen LogP contribution in [-0.2, 0) is 4.74 Å². The summed E-state index contributed by atoms with van der Waals surface area (Å²) in [6.45, 7) is 3.22. The van der Waals surface area contributed by atoms with Gasteiger partial charge in [0.05, 0.1) is 19.3 Å². The van der Waals surface area contributed by atoms with Crippen molar-refractivity contribution in [2.24, 2.45) is 5.73 Å². The first-order valence-corrected chi connectivity index (χ1v) is 5.81. The van der Waals surface area contributed by atoms with E-state index in [0.717, 1.165) is 17.9 Å². The first-order chi connectivity index (χ1) is 8.19. The van der Waals surface area contributed by atoms with E-state index in [4.69, 9.17) is 15.2 Å². The maximum atomic E-state index is 5.84. The van der Waals surface area contributed by atoms with Gasteiger partial charge in [-0.15, -0.1) is 0 Å². The van der Waals surface area contributed by atoms with E-state index in [1.165, 1.54) is 0 Å². The summed E-state index contributed by atoms with van der Waals surface area (Å²) < 4.78 is 10.4. The molecule has 1 rings (SSSR count). The third kappa shape index (κ3) is 3.61. The molecule has 0 spiro atoms. The van der Waals surface area contributed by atoms with Crippen molar-refractivity contribution in [3.8, 4) is 5.75 Å². The Morgan fingerprint density at radius 1 is 1.24 bits per heavy atom. The van der Waals surface area contributed by atoms with Crippen molar-refractivity contribution in [3.05, 3.63) is 24.3 Å². The van der Waals surface area contributed by atoms with Gasteiger partial charge in [0.2, 0.25) is 0 Å². The Morgan fingerprint density at radius 2 is 1.88 bits per heavy atom. The number of hydrogen-bond donors (Lipinski definition) is 2. The van der Waals surface area contributed by atoms with E-state index in [-0.39, 0.29) is 5.54 Å². The third-order valence-corrected chi connectivity index (χ3v) is 2.99. The predicted octanol–water partition coefficient (Wildman–Crippen LogP) is 1.86. The number of nitrogens with two attached hydrogens (primary N) is 1. The third-order valence-electron chi connectivity index (χ3n) is 2.99. The quantitative estimate of drug-likeness (QED) is 0.761. The largest absolute Gasteiger partial charge is 0.497 e. The highest BCUT2D eigenvalue weighted by molar-refractivity contribution is 5.48. The molecule has 1 atom stereocenters. The molecule has 0 aliphatic rings. The van der Waals surface area contributed by atoms with Gasteiger partial charge in [-0.25, -0.2) is 0 Å². The molecule has 17 heavy (non-hydrogen) atoms. The molecule has 1 unspecified atom stereocenters. The average Bonchev–Trinajstić information content (AvgIpc) is 2.39. The second-order valence-electron chi connectivity index (χ2n) is 4.12. The first-order valence-electron chi connectivity index (χ1n) is 5.81. The van der Waals surface area contributed by atoms with E-state index >= 15 is 0 Å². The molecular formula is C13H22N2O2. The van der Waals surface area contributed by atoms with Crippen molar-refractivity contribution in [2.75, 3.05) is 32.7 Å². The molecule has 1 aromatic carbocycles. The number of hydrogen-bond acceptors (Lipinski definition) is 4. The molecule has 0 aliphatic carbocycles. The molecule has 0 bridgehead atoms. The normalized spacial score (nSPS) is 14.1. The summed E-state index contributed by atoms with van der Waals surface area (Å²) in [5.74, 6) is 0.845. The zero-order valence-corrected chi connectivity index (χ0v) is 10.8. The van der Waals surface area contributed by atoms with E-state index in [9.17, 15) is 0 Å². The number of benzene rings is 1. The fourth-order valence-corrected chi connectivity index (χ4v) is 1.74. The Labute approximate surface area is 103 Å². The lowest BCUT2D eigenvalue weighted by atomic mass is 9.97. The first kappa shape index (κ1) is 13.8. The lowest BCUT2D eigenvalue weighted by molar-refractivity contribution is 0.143. The Kier molecular flexibility index (Phi) is 5.25. The van der Waals surface area contributed by atoms with Gasteiger partial charge in [-0.1, -0.05) is 6.92 Å². The Bertz CT molecular complexity index is 321. The topological polar surface area (TPSA) is 56.5 Å². The molecule has 3 N–H and O–H groups in total. The molecule has 0 saturated carbocycles. The maximum absolute atomic E-state index is 5.84. The molecule has 4 heteroatoms. The fourth-order valence-electron chi connectivity index (χ4n) is 1.74. The van der Waals surface area contributed by atoms with E-state index in [1.807, 2.05) is 24.3 Å². The summed E-state index contributed by atoms with van der Waals surface area (Å²) in [4.78, 5) is 0. The van der Waals surface area contributed by atoms with Crippen LogP contribution in [0, 0.1) is 0 Å². The van der Waals surface area contributed by atoms with Crippen LogP contribution in [0.3, 0.4) is 0 Å². The molecule has 0 saturated heterocycles. The van der Waals surface area contributed by atoms with Crippen molar-refractivity contribution in [1.29, 1.82) is 0 Å². The second kappa shape index (κ2) is 6.47. The van der Waals surface area contributed by atoms with Crippen LogP contribution in [0.25, 0.3) is 0 Å². The van der Waals surface area contributed by atoms with Gasteiger partial charge >= 0.3 is 0 Å². The van der Waals surface area contributed by atoms with Crippen molar-refractivity contribution in [1.82, 2.24) is 0 Å². The number of methoxy groups -OCH3 is 2. The fraction of sp³-hybridized carbons (Fsp3) is 0.538. The van der Waals surface area contributed by atoms with Gasteiger partial charge in [0, 0.05) is 19.3 Å². The van der Waals surface area contributed by atoms with Crippen LogP contribution in [0.1, 0.15) is 13.3 Å². The van der Waals surface area contributed by atoms with Crippen LogP contribution in [-0.4, -0.2) is 32.9 Å². The monoisotopic (exact) mass is 238 g/mol. The molecule has 0 aliphatic heterocycles. The number of anilines is 1. The SMILES string of the molecule is CCC(CN)(COC)Nc1ccc(OC)cc1. The van der Waals surface area contributed by atoms with Gasteiger partial charge in [0.15, 0.2) is 0 Å². The highest BCUT2D eigenvalue weighted by Crippen LogP contribution is 2.21. The summed E-state index contributed by atoms with van der Waals surface area (Å²) >= 11 is 0. The van der Waals surface area contributed by atoms with E-state index in [1.54, 1.807) is 14.2 Å². The lowest BCUT2D eigenvalue weighted by Crippen LogP contribution is -2.48. The number of nitrogens with one attached hydrogen (secondary N) is 1. The van der Waals surface area contributed by atoms with Gasteiger partial charge in [-0.3, -0.25) is 0 Å². The molecule has 0 amide bonds. The summed E-state index contributed by atoms with van der Waals surface area (Å²) in [6.07, 6.45) is 0.906. The van der Waals surface area contributed by atoms with E-state index in [2.05, 4.69) is 12.2 Å². The Hall–Kier alpha value is -1.26. The minimum atomic E-state index is -0.205. The molecule has 0 aromatic heterocycles. The average molecular weight is 238 g/mol. The number of ether oxygens (including phenoxy) is 2. The summed E-state index contributed by atoms with van der Waals surface area (Å²) in [7, 11) is 3.35. The minimum Gasteiger partial charge on any atom is -0.497 e. The molecule has 1 aromatic rings. The van der Waals surface area contributed by atoms with Crippen LogP contribution in [0.15, 0.2) is 24.3 Å². The van der Waals surface area contributed by atoms with Gasteiger partial charge in [0.1, 0.15) is 5.75 Å². The zero-order valence-electron chi connectivity index (χ0n) is 10.8. The van der Waals surface area contributed by atoms with Crippen LogP contribution in [0.4, 0.5) is 5.69 Å². The van der Waals surface area contributed by atoms with Crippen LogP contribution < -0.4 is 15.8 Å². The second-order valence-corrected chi connectivity index (χ2v) is 4.12. The molecule has 96 valence electrons. The molecule has 4 nitrogen and oxygen atoms in total. The van der Waals surface area contributed by atoms with E-state index < -0.39 is 0 Å². The van der Waals surface area contributed by atoms with E-state index in [0.29, 0.717) is 13.2 Å². The molecular weight excluding hydrogens is 216 g/mol. The van der Waals surface area contributed by atoms with Gasteiger partial charge < -0.3 is 20.5 Å². The van der Waals surface area contributed by atoms with Crippen molar-refractivity contribution in [3.63, 3.8) is 0 Å². The van der Waals surface area contributed by atoms with Crippen molar-refractivity contribution in [2.45, 2.75) is 18.9 Å². The standard InChI is InChI=1S/C13H22N2O2/c1-4-13(9-14,10-16-2)15-11-5-7-12(17-3)8-6-11/h5-8,15H,4,9-10,14H2,1-3H3. The maximum Gasteiger partial charge on any atom is 0.119 e. The van der Waals surface area contributed by atoms with Crippen LogP contribution in [0.5, 0.6) is 5.75 Å². The smallest absolute Gasteiger partial charge is 0.119 e. The molecule has 0 heterocycles. The summed E-state index contributed by atoms with van der Waals surface area (Å²) in [6, 6.07) is 7.81. The number of rotatable bonds is 7. The lowest BCUT2D eigenvalue weighted by Gasteiger charge is -2.33. The van der Waals surface area contributed by atoms with Gasteiger partial charge in [-0.05, 0) is 30.7 Å². The highest BCUT2D eigenvalue weighted by atomic mass is 16.5. The minimum absolute atomic E-state index is 0.205. The van der Waals surface area contributed by atoms with Crippen molar-refractivity contribution < 1.29 is 9.47 Å². The van der Waals surface area contributed by atoms with Crippen LogP contribution >= 0.6 is 0 Å². The molecule has 0 radical (unpaired) electrons. The van der Waals surface area contributed by atoms with Gasteiger partial charge in [-0.2, -0.15) is 0 Å². The highest BCUT2D eigenvalue weighted by Gasteiger charge is 2.26. The Morgan fingerprint density at radius 3 is 2.29 bits per heavy atom. The summed E-state index contributed by atoms with van der Waals surface area (Å²) in [5.41, 5.74) is 6.66. The predicted molar refractivity (Wildman–Crippen MR) is 70.6 cm³/mol. The molecule has 0 fully saturated rings. The van der Waals surface area contributed by atoms with Crippen LogP contribution in [0.2, 0.25) is 0 Å². The van der Waals surface area contributed by atoms with Crippen molar-refractivity contribution >= 4 is 5.69 Å². The zero-order chi connectivity index (χ0) is 12.7. The summed E-state index contributed by atoms with van der Waals surface area (Å²) in [5, 5.41) is 3.44.